The molecular formula is C14H14ClN3O. The van der Waals surface area contributed by atoms with Gasteiger partial charge in [0.2, 0.25) is 0 Å². The zero-order chi connectivity index (χ0) is 13.8. The maximum atomic E-state index is 12.0. The van der Waals surface area contributed by atoms with Crippen molar-refractivity contribution in [3.63, 3.8) is 0 Å². The fourth-order valence-corrected chi connectivity index (χ4v) is 1.73. The Hall–Kier alpha value is -2.07. The average Bonchev–Trinajstić information content (AvgIpc) is 2.39. The monoisotopic (exact) mass is 275 g/mol. The van der Waals surface area contributed by atoms with Crippen molar-refractivity contribution >= 4 is 29.0 Å². The van der Waals surface area contributed by atoms with Gasteiger partial charge in [-0.1, -0.05) is 11.6 Å². The first-order valence-corrected chi connectivity index (χ1v) is 6.14. The van der Waals surface area contributed by atoms with Crippen LogP contribution in [-0.2, 0) is 0 Å². The van der Waals surface area contributed by atoms with Gasteiger partial charge in [0.15, 0.2) is 0 Å². The van der Waals surface area contributed by atoms with E-state index in [0.717, 1.165) is 5.69 Å². The third-order valence-corrected chi connectivity index (χ3v) is 2.84. The van der Waals surface area contributed by atoms with E-state index in [1.165, 1.54) is 0 Å². The van der Waals surface area contributed by atoms with Gasteiger partial charge in [-0.3, -0.25) is 4.79 Å². The lowest BCUT2D eigenvalue weighted by Gasteiger charge is -2.12. The number of amides is 1. The molecule has 0 unspecified atom stereocenters. The molecule has 1 aromatic carbocycles. The smallest absolute Gasteiger partial charge is 0.256 e. The third-order valence-electron chi connectivity index (χ3n) is 2.61. The second-order valence-corrected chi connectivity index (χ2v) is 4.69. The van der Waals surface area contributed by atoms with Crippen LogP contribution in [-0.4, -0.2) is 25.0 Å². The molecule has 1 N–H and O–H groups in total. The molecule has 1 amide bonds. The maximum Gasteiger partial charge on any atom is 0.256 e. The molecule has 0 atom stereocenters. The summed E-state index contributed by atoms with van der Waals surface area (Å²) in [6.45, 7) is 0. The van der Waals surface area contributed by atoms with E-state index in [9.17, 15) is 4.79 Å². The summed E-state index contributed by atoms with van der Waals surface area (Å²) in [6.07, 6.45) is 1.55. The van der Waals surface area contributed by atoms with Crippen molar-refractivity contribution in [2.75, 3.05) is 24.3 Å². The molecular weight excluding hydrogens is 262 g/mol. The standard InChI is InChI=1S/C14H14ClN3O/c1-18(2)12-5-3-10(4-6-12)14(19)17-13-9-11(15)7-8-16-13/h3-9H,1-2H3,(H,16,17,19). The average molecular weight is 276 g/mol. The van der Waals surface area contributed by atoms with Crippen LogP contribution in [0, 0.1) is 0 Å². The molecule has 0 bridgehead atoms. The van der Waals surface area contributed by atoms with Gasteiger partial charge in [-0.15, -0.1) is 0 Å². The van der Waals surface area contributed by atoms with E-state index >= 15 is 0 Å². The highest BCUT2D eigenvalue weighted by Crippen LogP contribution is 2.15. The minimum absolute atomic E-state index is 0.208. The van der Waals surface area contributed by atoms with Crippen molar-refractivity contribution in [3.8, 4) is 0 Å². The molecule has 2 aromatic rings. The van der Waals surface area contributed by atoms with Gasteiger partial charge in [-0.05, 0) is 36.4 Å². The number of halogens is 1. The summed E-state index contributed by atoms with van der Waals surface area (Å²) >= 11 is 5.83. The lowest BCUT2D eigenvalue weighted by atomic mass is 10.2. The number of carbonyl (C=O) groups excluding carboxylic acids is 1. The van der Waals surface area contributed by atoms with Crippen molar-refractivity contribution in [1.82, 2.24) is 4.98 Å². The summed E-state index contributed by atoms with van der Waals surface area (Å²) in [5.41, 5.74) is 1.62. The van der Waals surface area contributed by atoms with Crippen LogP contribution in [0.25, 0.3) is 0 Å². The van der Waals surface area contributed by atoms with Crippen LogP contribution in [0.3, 0.4) is 0 Å². The summed E-state index contributed by atoms with van der Waals surface area (Å²) < 4.78 is 0. The fraction of sp³-hybridized carbons (Fsp3) is 0.143. The van der Waals surface area contributed by atoms with Crippen LogP contribution in [0.1, 0.15) is 10.4 Å². The Bertz CT molecular complexity index is 581. The minimum Gasteiger partial charge on any atom is -0.378 e. The van der Waals surface area contributed by atoms with Crippen LogP contribution in [0.4, 0.5) is 11.5 Å². The van der Waals surface area contributed by atoms with Crippen molar-refractivity contribution in [3.05, 3.63) is 53.2 Å². The van der Waals surface area contributed by atoms with Crippen molar-refractivity contribution < 1.29 is 4.79 Å². The van der Waals surface area contributed by atoms with E-state index in [2.05, 4.69) is 10.3 Å². The van der Waals surface area contributed by atoms with Gasteiger partial charge < -0.3 is 10.2 Å². The van der Waals surface area contributed by atoms with E-state index in [1.807, 2.05) is 31.1 Å². The Balaban J connectivity index is 2.11. The highest BCUT2D eigenvalue weighted by molar-refractivity contribution is 6.30. The lowest BCUT2D eigenvalue weighted by Crippen LogP contribution is -2.13. The first-order valence-electron chi connectivity index (χ1n) is 5.76. The first-order chi connectivity index (χ1) is 9.06. The Morgan fingerprint density at radius 2 is 1.89 bits per heavy atom. The molecule has 0 spiro atoms. The zero-order valence-electron chi connectivity index (χ0n) is 10.7. The molecule has 0 fully saturated rings. The first kappa shape index (κ1) is 13.4. The van der Waals surface area contributed by atoms with Crippen LogP contribution in [0.2, 0.25) is 5.02 Å². The van der Waals surface area contributed by atoms with E-state index in [-0.39, 0.29) is 5.91 Å². The van der Waals surface area contributed by atoms with E-state index in [1.54, 1.807) is 30.5 Å². The van der Waals surface area contributed by atoms with Crippen molar-refractivity contribution in [1.29, 1.82) is 0 Å². The molecule has 0 radical (unpaired) electrons. The zero-order valence-corrected chi connectivity index (χ0v) is 11.5. The van der Waals surface area contributed by atoms with Crippen LogP contribution in [0.15, 0.2) is 42.6 Å². The molecule has 0 aliphatic rings. The second kappa shape index (κ2) is 5.71. The predicted molar refractivity (Wildman–Crippen MR) is 78.0 cm³/mol. The number of hydrogen-bond acceptors (Lipinski definition) is 3. The van der Waals surface area contributed by atoms with Gasteiger partial charge in [-0.2, -0.15) is 0 Å². The topological polar surface area (TPSA) is 45.2 Å². The molecule has 0 saturated carbocycles. The normalized spacial score (nSPS) is 10.1. The lowest BCUT2D eigenvalue weighted by molar-refractivity contribution is 0.102. The number of benzene rings is 1. The summed E-state index contributed by atoms with van der Waals surface area (Å²) in [7, 11) is 3.90. The molecule has 98 valence electrons. The Morgan fingerprint density at radius 3 is 2.47 bits per heavy atom. The third kappa shape index (κ3) is 3.45. The summed E-state index contributed by atoms with van der Waals surface area (Å²) in [6, 6.07) is 10.6. The molecule has 5 heteroatoms. The molecule has 4 nitrogen and oxygen atoms in total. The van der Waals surface area contributed by atoms with Crippen LogP contribution in [0.5, 0.6) is 0 Å². The molecule has 1 heterocycles. The second-order valence-electron chi connectivity index (χ2n) is 4.25. The van der Waals surface area contributed by atoms with Crippen molar-refractivity contribution in [2.24, 2.45) is 0 Å². The summed E-state index contributed by atoms with van der Waals surface area (Å²) in [5.74, 6) is 0.231. The number of carbonyl (C=O) groups is 1. The number of rotatable bonds is 3. The Morgan fingerprint density at radius 1 is 1.21 bits per heavy atom. The Labute approximate surface area is 117 Å². The summed E-state index contributed by atoms with van der Waals surface area (Å²) in [4.78, 5) is 18.0. The van der Waals surface area contributed by atoms with Crippen LogP contribution >= 0.6 is 11.6 Å². The number of nitrogens with one attached hydrogen (secondary N) is 1. The van der Waals surface area contributed by atoms with Gasteiger partial charge in [0.25, 0.3) is 5.91 Å². The molecule has 0 saturated heterocycles. The fourth-order valence-electron chi connectivity index (χ4n) is 1.57. The van der Waals surface area contributed by atoms with Crippen molar-refractivity contribution in [2.45, 2.75) is 0 Å². The van der Waals surface area contributed by atoms with Gasteiger partial charge >= 0.3 is 0 Å². The van der Waals surface area contributed by atoms with Gasteiger partial charge in [0.1, 0.15) is 5.82 Å². The highest BCUT2D eigenvalue weighted by atomic mass is 35.5. The van der Waals surface area contributed by atoms with Gasteiger partial charge in [-0.25, -0.2) is 4.98 Å². The van der Waals surface area contributed by atoms with E-state index < -0.39 is 0 Å². The minimum atomic E-state index is -0.208. The molecule has 1 aromatic heterocycles. The van der Waals surface area contributed by atoms with Crippen LogP contribution < -0.4 is 10.2 Å². The highest BCUT2D eigenvalue weighted by Gasteiger charge is 2.07. The Kier molecular flexibility index (Phi) is 4.02. The number of aromatic nitrogens is 1. The quantitative estimate of drug-likeness (QED) is 0.936. The summed E-state index contributed by atoms with van der Waals surface area (Å²) in [5, 5.41) is 3.24. The number of anilines is 2. The SMILES string of the molecule is CN(C)c1ccc(C(=O)Nc2cc(Cl)ccn2)cc1. The molecule has 19 heavy (non-hydrogen) atoms. The number of pyridine rings is 1. The molecule has 2 rings (SSSR count). The molecule has 0 aliphatic carbocycles. The predicted octanol–water partition coefficient (Wildman–Crippen LogP) is 3.05. The van der Waals surface area contributed by atoms with Gasteiger partial charge in [0.05, 0.1) is 0 Å². The van der Waals surface area contributed by atoms with E-state index in [4.69, 9.17) is 11.6 Å². The maximum absolute atomic E-state index is 12.0. The van der Waals surface area contributed by atoms with Gasteiger partial charge in [0, 0.05) is 36.6 Å². The van der Waals surface area contributed by atoms with E-state index in [0.29, 0.717) is 16.4 Å². The largest absolute Gasteiger partial charge is 0.378 e. The number of hydrogen-bond donors (Lipinski definition) is 1. The molecule has 0 aliphatic heterocycles. The number of nitrogens with zero attached hydrogens (tertiary/aromatic N) is 2.